The third kappa shape index (κ3) is 4.36. The Morgan fingerprint density at radius 1 is 1.35 bits per heavy atom. The molecule has 0 aliphatic carbocycles. The van der Waals surface area contributed by atoms with Crippen molar-refractivity contribution >= 4 is 22.7 Å². The minimum absolute atomic E-state index is 0.0368. The second-order valence-corrected chi connectivity index (χ2v) is 6.50. The van der Waals surface area contributed by atoms with Crippen molar-refractivity contribution in [3.63, 3.8) is 0 Å². The summed E-state index contributed by atoms with van der Waals surface area (Å²) in [5, 5.41) is 3.91. The molecule has 0 spiro atoms. The number of nitrogens with zero attached hydrogens (tertiary/aromatic N) is 2. The van der Waals surface area contributed by atoms with Gasteiger partial charge in [-0.25, -0.2) is 0 Å². The molecule has 0 bridgehead atoms. The minimum atomic E-state index is -0.356. The van der Waals surface area contributed by atoms with Crippen molar-refractivity contribution in [3.05, 3.63) is 42.1 Å². The molecule has 26 heavy (non-hydrogen) atoms. The Morgan fingerprint density at radius 2 is 2.15 bits per heavy atom. The molecule has 2 heterocycles. The average molecular weight is 357 g/mol. The predicted molar refractivity (Wildman–Crippen MR) is 96.9 cm³/mol. The smallest absolute Gasteiger partial charge is 0.253 e. The molecular weight excluding hydrogens is 334 g/mol. The lowest BCUT2D eigenvalue weighted by Crippen LogP contribution is -2.50. The fraction of sp³-hybridized carbons (Fsp3) is 0.421. The first-order valence-corrected chi connectivity index (χ1v) is 8.60. The lowest BCUT2D eigenvalue weighted by atomic mass is 10.1. The summed E-state index contributed by atoms with van der Waals surface area (Å²) in [4.78, 5) is 30.1. The molecule has 0 radical (unpaired) electrons. The zero-order valence-corrected chi connectivity index (χ0v) is 15.0. The van der Waals surface area contributed by atoms with Crippen LogP contribution >= 0.6 is 0 Å². The molecule has 1 aromatic heterocycles. The quantitative estimate of drug-likeness (QED) is 0.870. The van der Waals surface area contributed by atoms with Crippen LogP contribution in [0.4, 0.5) is 0 Å². The van der Waals surface area contributed by atoms with Crippen molar-refractivity contribution in [2.45, 2.75) is 18.6 Å². The van der Waals surface area contributed by atoms with E-state index in [0.29, 0.717) is 25.2 Å². The van der Waals surface area contributed by atoms with E-state index < -0.39 is 0 Å². The van der Waals surface area contributed by atoms with Gasteiger partial charge in [-0.1, -0.05) is 18.2 Å². The van der Waals surface area contributed by atoms with Crippen LogP contribution in [0, 0.1) is 0 Å². The van der Waals surface area contributed by atoms with Gasteiger partial charge in [0.05, 0.1) is 23.7 Å². The predicted octanol–water partition coefficient (Wildman–Crippen LogP) is 1.23. The van der Waals surface area contributed by atoms with E-state index in [1.807, 2.05) is 30.3 Å². The maximum atomic E-state index is 12.6. The van der Waals surface area contributed by atoms with E-state index in [9.17, 15) is 9.59 Å². The summed E-state index contributed by atoms with van der Waals surface area (Å²) < 4.78 is 11.1. The fourth-order valence-corrected chi connectivity index (χ4v) is 2.80. The van der Waals surface area contributed by atoms with Crippen LogP contribution in [-0.2, 0) is 14.3 Å². The van der Waals surface area contributed by atoms with Crippen LogP contribution < -0.4 is 5.32 Å². The van der Waals surface area contributed by atoms with Crippen LogP contribution in [-0.4, -0.2) is 67.8 Å². The minimum Gasteiger partial charge on any atom is -0.379 e. The molecule has 1 aliphatic heterocycles. The molecule has 7 nitrogen and oxygen atoms in total. The second-order valence-electron chi connectivity index (χ2n) is 6.50. The van der Waals surface area contributed by atoms with Crippen LogP contribution in [0.3, 0.4) is 0 Å². The number of carbonyl (C=O) groups excluding carboxylic acids is 2. The number of benzene rings is 1. The highest BCUT2D eigenvalue weighted by atomic mass is 16.5. The Morgan fingerprint density at radius 3 is 2.96 bits per heavy atom. The van der Waals surface area contributed by atoms with Gasteiger partial charge in [0.2, 0.25) is 5.91 Å². The number of nitrogens with one attached hydrogen (secondary N) is 1. The average Bonchev–Trinajstić information content (AvgIpc) is 2.66. The molecule has 1 aliphatic rings. The normalized spacial score (nSPS) is 19.9. The number of fused-ring (bicyclic) bond motifs is 1. The summed E-state index contributed by atoms with van der Waals surface area (Å²) in [6.45, 7) is 0.856. The molecule has 1 fully saturated rings. The van der Waals surface area contributed by atoms with E-state index in [2.05, 4.69) is 10.3 Å². The number of para-hydroxylation sites is 1. The molecule has 0 saturated carbocycles. The van der Waals surface area contributed by atoms with Gasteiger partial charge in [-0.15, -0.1) is 0 Å². The number of amides is 2. The van der Waals surface area contributed by atoms with Gasteiger partial charge in [0, 0.05) is 32.3 Å². The van der Waals surface area contributed by atoms with E-state index in [4.69, 9.17) is 9.47 Å². The van der Waals surface area contributed by atoms with Crippen LogP contribution in [0.1, 0.15) is 16.8 Å². The lowest BCUT2D eigenvalue weighted by molar-refractivity contribution is -0.140. The zero-order chi connectivity index (χ0) is 18.5. The first-order chi connectivity index (χ1) is 12.5. The standard InChI is InChI=1S/C19H23N3O4/c1-22(2)18(23)12-26-17-11-25-8-7-16(17)21-19(24)14-9-13-5-3-4-6-15(13)20-10-14/h3-6,9-10,16-17H,7-8,11-12H2,1-2H3,(H,21,24). The number of aromatic nitrogens is 1. The first kappa shape index (κ1) is 18.3. The maximum absolute atomic E-state index is 12.6. The van der Waals surface area contributed by atoms with Crippen LogP contribution in [0.5, 0.6) is 0 Å². The molecular formula is C19H23N3O4. The number of rotatable bonds is 5. The SMILES string of the molecule is CN(C)C(=O)COC1COCCC1NC(=O)c1cnc2ccccc2c1. The van der Waals surface area contributed by atoms with Gasteiger partial charge >= 0.3 is 0 Å². The molecule has 1 N–H and O–H groups in total. The fourth-order valence-electron chi connectivity index (χ4n) is 2.80. The van der Waals surface area contributed by atoms with Gasteiger partial charge in [-0.05, 0) is 18.6 Å². The van der Waals surface area contributed by atoms with Crippen molar-refractivity contribution < 1.29 is 19.1 Å². The highest BCUT2D eigenvalue weighted by Crippen LogP contribution is 2.15. The Kier molecular flexibility index (Phi) is 5.80. The monoisotopic (exact) mass is 357 g/mol. The van der Waals surface area contributed by atoms with Crippen molar-refractivity contribution in [1.82, 2.24) is 15.2 Å². The highest BCUT2D eigenvalue weighted by molar-refractivity contribution is 5.97. The number of likely N-dealkylation sites (N-methyl/N-ethyl adjacent to an activating group) is 1. The molecule has 2 unspecified atom stereocenters. The number of hydrogen-bond acceptors (Lipinski definition) is 5. The van der Waals surface area contributed by atoms with E-state index in [1.54, 1.807) is 20.3 Å². The molecule has 1 aromatic carbocycles. The van der Waals surface area contributed by atoms with Crippen LogP contribution in [0.2, 0.25) is 0 Å². The van der Waals surface area contributed by atoms with E-state index >= 15 is 0 Å². The number of hydrogen-bond donors (Lipinski definition) is 1. The lowest BCUT2D eigenvalue weighted by Gasteiger charge is -2.32. The number of pyridine rings is 1. The molecule has 2 amide bonds. The molecule has 7 heteroatoms. The number of carbonyl (C=O) groups is 2. The summed E-state index contributed by atoms with van der Waals surface area (Å²) in [6.07, 6.45) is 1.85. The summed E-state index contributed by atoms with van der Waals surface area (Å²) in [7, 11) is 3.35. The Labute approximate surface area is 152 Å². The molecule has 1 saturated heterocycles. The third-order valence-electron chi connectivity index (χ3n) is 4.39. The van der Waals surface area contributed by atoms with Crippen LogP contribution in [0.15, 0.2) is 36.5 Å². The number of ether oxygens (including phenoxy) is 2. The Hall–Kier alpha value is -2.51. The maximum Gasteiger partial charge on any atom is 0.253 e. The molecule has 2 aromatic rings. The second kappa shape index (κ2) is 8.25. The topological polar surface area (TPSA) is 80.8 Å². The Bertz CT molecular complexity index is 793. The van der Waals surface area contributed by atoms with Gasteiger partial charge in [-0.2, -0.15) is 0 Å². The van der Waals surface area contributed by atoms with Gasteiger partial charge < -0.3 is 19.7 Å². The van der Waals surface area contributed by atoms with E-state index in [0.717, 1.165) is 10.9 Å². The highest BCUT2D eigenvalue weighted by Gasteiger charge is 2.29. The molecule has 138 valence electrons. The van der Waals surface area contributed by atoms with E-state index in [1.165, 1.54) is 4.90 Å². The summed E-state index contributed by atoms with van der Waals surface area (Å²) >= 11 is 0. The zero-order valence-electron chi connectivity index (χ0n) is 15.0. The molecule has 2 atom stereocenters. The van der Waals surface area contributed by atoms with Crippen molar-refractivity contribution in [2.24, 2.45) is 0 Å². The Balaban J connectivity index is 1.66. The van der Waals surface area contributed by atoms with Gasteiger partial charge in [-0.3, -0.25) is 14.6 Å². The largest absolute Gasteiger partial charge is 0.379 e. The van der Waals surface area contributed by atoms with Crippen molar-refractivity contribution in [1.29, 1.82) is 0 Å². The van der Waals surface area contributed by atoms with Crippen molar-refractivity contribution in [3.8, 4) is 0 Å². The summed E-state index contributed by atoms with van der Waals surface area (Å²) in [5.41, 5.74) is 1.34. The summed E-state index contributed by atoms with van der Waals surface area (Å²) in [5.74, 6) is -0.331. The van der Waals surface area contributed by atoms with Gasteiger partial charge in [0.15, 0.2) is 0 Å². The molecule has 3 rings (SSSR count). The van der Waals surface area contributed by atoms with Crippen LogP contribution in [0.25, 0.3) is 10.9 Å². The van der Waals surface area contributed by atoms with E-state index in [-0.39, 0.29) is 30.6 Å². The van der Waals surface area contributed by atoms with Crippen molar-refractivity contribution in [2.75, 3.05) is 33.9 Å². The summed E-state index contributed by atoms with van der Waals surface area (Å²) in [6, 6.07) is 9.26. The van der Waals surface area contributed by atoms with Gasteiger partial charge in [0.1, 0.15) is 12.7 Å². The first-order valence-electron chi connectivity index (χ1n) is 8.60. The van der Waals surface area contributed by atoms with Gasteiger partial charge in [0.25, 0.3) is 5.91 Å². The third-order valence-corrected chi connectivity index (χ3v) is 4.39.